The van der Waals surface area contributed by atoms with Crippen molar-refractivity contribution in [3.05, 3.63) is 70.2 Å². The molecule has 130 valence electrons. The summed E-state index contributed by atoms with van der Waals surface area (Å²) in [6.07, 6.45) is 1.65. The van der Waals surface area contributed by atoms with E-state index in [9.17, 15) is 9.59 Å². The van der Waals surface area contributed by atoms with Gasteiger partial charge in [0.15, 0.2) is 0 Å². The van der Waals surface area contributed by atoms with Gasteiger partial charge in [0.25, 0.3) is 0 Å². The standard InChI is InChI=1S/C20H20BrNO3/c1-25-20(24)18-12-11-17(15-5-3-2-4-6-15)22(18)19(23)13-14-7-9-16(21)10-8-14/h2-10,17-18H,11-13H2,1H3/t17-,18+/m1/s1. The Balaban J connectivity index is 1.86. The topological polar surface area (TPSA) is 46.6 Å². The zero-order chi connectivity index (χ0) is 17.8. The van der Waals surface area contributed by atoms with Gasteiger partial charge in [0, 0.05) is 4.47 Å². The maximum Gasteiger partial charge on any atom is 0.328 e. The summed E-state index contributed by atoms with van der Waals surface area (Å²) < 4.78 is 5.90. The quantitative estimate of drug-likeness (QED) is 0.729. The number of ether oxygens (including phenoxy) is 1. The molecule has 0 bridgehead atoms. The number of amides is 1. The summed E-state index contributed by atoms with van der Waals surface area (Å²) >= 11 is 3.40. The molecule has 0 saturated carbocycles. The molecule has 0 spiro atoms. The average molecular weight is 402 g/mol. The van der Waals surface area contributed by atoms with Crippen molar-refractivity contribution in [3.63, 3.8) is 0 Å². The minimum atomic E-state index is -0.516. The van der Waals surface area contributed by atoms with E-state index in [-0.39, 0.29) is 24.3 Å². The molecule has 1 aliphatic rings. The van der Waals surface area contributed by atoms with Crippen LogP contribution in [-0.2, 0) is 20.7 Å². The summed E-state index contributed by atoms with van der Waals surface area (Å²) in [4.78, 5) is 26.9. The first-order valence-corrected chi connectivity index (χ1v) is 9.08. The highest BCUT2D eigenvalue weighted by Gasteiger charge is 2.41. The lowest BCUT2D eigenvalue weighted by Gasteiger charge is -2.29. The Bertz CT molecular complexity index is 745. The Morgan fingerprint density at radius 1 is 1.08 bits per heavy atom. The lowest BCUT2D eigenvalue weighted by molar-refractivity contribution is -0.152. The number of benzene rings is 2. The molecule has 4 nitrogen and oxygen atoms in total. The van der Waals surface area contributed by atoms with Gasteiger partial charge in [-0.2, -0.15) is 0 Å². The fourth-order valence-corrected chi connectivity index (χ4v) is 3.66. The molecule has 1 fully saturated rings. The zero-order valence-corrected chi connectivity index (χ0v) is 15.6. The Morgan fingerprint density at radius 2 is 1.76 bits per heavy atom. The van der Waals surface area contributed by atoms with Crippen LogP contribution in [0.5, 0.6) is 0 Å². The molecule has 0 aromatic heterocycles. The number of carbonyl (C=O) groups excluding carboxylic acids is 2. The van der Waals surface area contributed by atoms with Crippen molar-refractivity contribution in [2.45, 2.75) is 31.3 Å². The van der Waals surface area contributed by atoms with Gasteiger partial charge < -0.3 is 9.64 Å². The fraction of sp³-hybridized carbons (Fsp3) is 0.300. The van der Waals surface area contributed by atoms with Gasteiger partial charge in [-0.05, 0) is 36.1 Å². The smallest absolute Gasteiger partial charge is 0.328 e. The van der Waals surface area contributed by atoms with Gasteiger partial charge in [0.05, 0.1) is 19.6 Å². The van der Waals surface area contributed by atoms with Gasteiger partial charge in [-0.25, -0.2) is 4.79 Å². The van der Waals surface area contributed by atoms with Gasteiger partial charge in [-0.1, -0.05) is 58.4 Å². The van der Waals surface area contributed by atoms with Crippen molar-refractivity contribution in [2.75, 3.05) is 7.11 Å². The van der Waals surface area contributed by atoms with E-state index < -0.39 is 6.04 Å². The van der Waals surface area contributed by atoms with Gasteiger partial charge in [-0.3, -0.25) is 4.79 Å². The molecule has 3 rings (SSSR count). The number of hydrogen-bond donors (Lipinski definition) is 0. The molecule has 1 aliphatic heterocycles. The van der Waals surface area contributed by atoms with Crippen molar-refractivity contribution in [3.8, 4) is 0 Å². The molecule has 2 aromatic carbocycles. The van der Waals surface area contributed by atoms with Gasteiger partial charge in [-0.15, -0.1) is 0 Å². The highest BCUT2D eigenvalue weighted by Crippen LogP contribution is 2.37. The van der Waals surface area contributed by atoms with E-state index in [4.69, 9.17) is 4.74 Å². The predicted molar refractivity (Wildman–Crippen MR) is 98.9 cm³/mol. The molecule has 25 heavy (non-hydrogen) atoms. The Hall–Kier alpha value is -2.14. The first kappa shape index (κ1) is 17.7. The first-order valence-electron chi connectivity index (χ1n) is 8.28. The summed E-state index contributed by atoms with van der Waals surface area (Å²) in [5, 5.41) is 0. The molecule has 2 aromatic rings. The summed E-state index contributed by atoms with van der Waals surface area (Å²) in [6.45, 7) is 0. The van der Waals surface area contributed by atoms with Crippen LogP contribution in [0.1, 0.15) is 30.0 Å². The largest absolute Gasteiger partial charge is 0.467 e. The van der Waals surface area contributed by atoms with Crippen molar-refractivity contribution in [1.29, 1.82) is 0 Å². The molecular weight excluding hydrogens is 382 g/mol. The van der Waals surface area contributed by atoms with E-state index in [1.807, 2.05) is 54.6 Å². The second kappa shape index (κ2) is 7.83. The number of carbonyl (C=O) groups is 2. The van der Waals surface area contributed by atoms with E-state index in [2.05, 4.69) is 15.9 Å². The van der Waals surface area contributed by atoms with Crippen LogP contribution in [0.3, 0.4) is 0 Å². The van der Waals surface area contributed by atoms with E-state index in [0.29, 0.717) is 6.42 Å². The van der Waals surface area contributed by atoms with E-state index in [0.717, 1.165) is 22.0 Å². The maximum absolute atomic E-state index is 13.0. The lowest BCUT2D eigenvalue weighted by atomic mass is 10.0. The third kappa shape index (κ3) is 3.93. The van der Waals surface area contributed by atoms with Gasteiger partial charge in [0.2, 0.25) is 5.91 Å². The number of esters is 1. The summed E-state index contributed by atoms with van der Waals surface area (Å²) in [5.41, 5.74) is 1.98. The summed E-state index contributed by atoms with van der Waals surface area (Å²) in [5.74, 6) is -0.397. The number of halogens is 1. The van der Waals surface area contributed by atoms with E-state index in [1.165, 1.54) is 7.11 Å². The van der Waals surface area contributed by atoms with Crippen LogP contribution in [0.2, 0.25) is 0 Å². The van der Waals surface area contributed by atoms with Crippen molar-refractivity contribution >= 4 is 27.8 Å². The fourth-order valence-electron chi connectivity index (χ4n) is 3.40. The molecule has 0 radical (unpaired) electrons. The maximum atomic E-state index is 13.0. The molecular formula is C20H20BrNO3. The van der Waals surface area contributed by atoms with Crippen LogP contribution in [0.25, 0.3) is 0 Å². The highest BCUT2D eigenvalue weighted by atomic mass is 79.9. The second-order valence-electron chi connectivity index (χ2n) is 6.15. The molecule has 0 aliphatic carbocycles. The van der Waals surface area contributed by atoms with Crippen LogP contribution < -0.4 is 0 Å². The Labute approximate surface area is 155 Å². The number of likely N-dealkylation sites (tertiary alicyclic amines) is 1. The minimum Gasteiger partial charge on any atom is -0.467 e. The lowest BCUT2D eigenvalue weighted by Crippen LogP contribution is -2.43. The Kier molecular flexibility index (Phi) is 5.53. The number of nitrogens with zero attached hydrogens (tertiary/aromatic N) is 1. The zero-order valence-electron chi connectivity index (χ0n) is 14.0. The molecule has 0 N–H and O–H groups in total. The van der Waals surface area contributed by atoms with Gasteiger partial charge >= 0.3 is 5.97 Å². The van der Waals surface area contributed by atoms with Gasteiger partial charge in [0.1, 0.15) is 6.04 Å². The Morgan fingerprint density at radius 3 is 2.40 bits per heavy atom. The van der Waals surface area contributed by atoms with Crippen LogP contribution >= 0.6 is 15.9 Å². The molecule has 1 amide bonds. The van der Waals surface area contributed by atoms with Crippen molar-refractivity contribution in [1.82, 2.24) is 4.90 Å². The van der Waals surface area contributed by atoms with Crippen molar-refractivity contribution < 1.29 is 14.3 Å². The molecule has 1 heterocycles. The van der Waals surface area contributed by atoms with Crippen LogP contribution in [0.4, 0.5) is 0 Å². The van der Waals surface area contributed by atoms with Crippen LogP contribution in [0.15, 0.2) is 59.1 Å². The second-order valence-corrected chi connectivity index (χ2v) is 7.06. The summed E-state index contributed by atoms with van der Waals surface area (Å²) in [6, 6.07) is 16.9. The number of methoxy groups -OCH3 is 1. The number of hydrogen-bond acceptors (Lipinski definition) is 3. The minimum absolute atomic E-state index is 0.0518. The average Bonchev–Trinajstić information content (AvgIpc) is 3.09. The third-order valence-electron chi connectivity index (χ3n) is 4.60. The van der Waals surface area contributed by atoms with Crippen LogP contribution in [-0.4, -0.2) is 29.9 Å². The molecule has 0 unspecified atom stereocenters. The third-order valence-corrected chi connectivity index (χ3v) is 5.13. The summed E-state index contributed by atoms with van der Waals surface area (Å²) in [7, 11) is 1.37. The van der Waals surface area contributed by atoms with Crippen molar-refractivity contribution in [2.24, 2.45) is 0 Å². The highest BCUT2D eigenvalue weighted by molar-refractivity contribution is 9.10. The predicted octanol–water partition coefficient (Wildman–Crippen LogP) is 3.90. The molecule has 1 saturated heterocycles. The molecule has 2 atom stereocenters. The van der Waals surface area contributed by atoms with E-state index >= 15 is 0 Å². The molecule has 5 heteroatoms. The van der Waals surface area contributed by atoms with E-state index in [1.54, 1.807) is 4.90 Å². The normalized spacial score (nSPS) is 19.7. The SMILES string of the molecule is COC(=O)[C@@H]1CC[C@H](c2ccccc2)N1C(=O)Cc1ccc(Br)cc1. The first-order chi connectivity index (χ1) is 12.1. The number of rotatable bonds is 4. The monoisotopic (exact) mass is 401 g/mol. The van der Waals surface area contributed by atoms with Crippen LogP contribution in [0, 0.1) is 0 Å².